The third-order valence-electron chi connectivity index (χ3n) is 4.31. The van der Waals surface area contributed by atoms with Gasteiger partial charge in [0.1, 0.15) is 22.1 Å². The van der Waals surface area contributed by atoms with Gasteiger partial charge < -0.3 is 9.47 Å². The van der Waals surface area contributed by atoms with Gasteiger partial charge in [0.2, 0.25) is 5.13 Å². The van der Waals surface area contributed by atoms with E-state index in [-0.39, 0.29) is 27.8 Å². The summed E-state index contributed by atoms with van der Waals surface area (Å²) in [5, 5.41) is 11.4. The zero-order chi connectivity index (χ0) is 21.7. The van der Waals surface area contributed by atoms with E-state index >= 15 is 0 Å². The van der Waals surface area contributed by atoms with Crippen LogP contribution < -0.4 is 14.8 Å². The molecule has 0 radical (unpaired) electrons. The zero-order valence-electron chi connectivity index (χ0n) is 16.7. The van der Waals surface area contributed by atoms with E-state index in [1.165, 1.54) is 14.2 Å². The predicted molar refractivity (Wildman–Crippen MR) is 114 cm³/mol. The summed E-state index contributed by atoms with van der Waals surface area (Å²) in [6.45, 7) is 1.90. The highest BCUT2D eigenvalue weighted by Gasteiger charge is 2.20. The van der Waals surface area contributed by atoms with Crippen LogP contribution in [0.15, 0.2) is 47.4 Å². The Morgan fingerprint density at radius 2 is 1.67 bits per heavy atom. The van der Waals surface area contributed by atoms with E-state index in [1.54, 1.807) is 42.5 Å². The van der Waals surface area contributed by atoms with E-state index < -0.39 is 15.7 Å². The van der Waals surface area contributed by atoms with Gasteiger partial charge in [-0.2, -0.15) is 0 Å². The Hall–Kier alpha value is -2.98. The molecule has 0 unspecified atom stereocenters. The first-order chi connectivity index (χ1) is 14.3. The number of sulfone groups is 1. The van der Waals surface area contributed by atoms with E-state index in [0.717, 1.165) is 16.9 Å². The Balaban J connectivity index is 1.69. The Morgan fingerprint density at radius 3 is 2.27 bits per heavy atom. The van der Waals surface area contributed by atoms with Crippen LogP contribution in [0.4, 0.5) is 5.13 Å². The number of aryl methyl sites for hydroxylation is 2. The normalized spacial score (nSPS) is 11.2. The van der Waals surface area contributed by atoms with Gasteiger partial charge in [-0.3, -0.25) is 10.1 Å². The highest BCUT2D eigenvalue weighted by molar-refractivity contribution is 7.91. The Morgan fingerprint density at radius 1 is 1.03 bits per heavy atom. The second kappa shape index (κ2) is 9.23. The first-order valence-corrected chi connectivity index (χ1v) is 11.4. The van der Waals surface area contributed by atoms with Crippen LogP contribution in [0.25, 0.3) is 0 Å². The molecule has 0 aliphatic carbocycles. The van der Waals surface area contributed by atoms with Crippen LogP contribution in [-0.4, -0.2) is 44.5 Å². The fourth-order valence-corrected chi connectivity index (χ4v) is 4.84. The molecule has 8 nitrogen and oxygen atoms in total. The summed E-state index contributed by atoms with van der Waals surface area (Å²) in [4.78, 5) is 13.0. The standard InChI is InChI=1S/C20H21N3O5S2/c1-13-7-9-14(10-8-13)30(25,26)12-11-17-22-23-20(29-17)21-19(24)18-15(27-2)5-4-6-16(18)28-3/h4-10H,11-12H2,1-3H3,(H,21,23,24). The highest BCUT2D eigenvalue weighted by atomic mass is 32.2. The number of aromatic nitrogens is 2. The summed E-state index contributed by atoms with van der Waals surface area (Å²) in [5.74, 6) is 0.166. The molecule has 158 valence electrons. The minimum absolute atomic E-state index is 0.0982. The summed E-state index contributed by atoms with van der Waals surface area (Å²) in [7, 11) is -0.509. The van der Waals surface area contributed by atoms with Crippen LogP contribution in [0, 0.1) is 6.92 Å². The topological polar surface area (TPSA) is 107 Å². The first-order valence-electron chi connectivity index (χ1n) is 8.98. The number of carbonyl (C=O) groups is 1. The van der Waals surface area contributed by atoms with Crippen molar-refractivity contribution in [2.75, 3.05) is 25.3 Å². The van der Waals surface area contributed by atoms with Crippen molar-refractivity contribution in [1.29, 1.82) is 0 Å². The van der Waals surface area contributed by atoms with Crippen molar-refractivity contribution in [1.82, 2.24) is 10.2 Å². The summed E-state index contributed by atoms with van der Waals surface area (Å²) in [6.07, 6.45) is 0.196. The molecule has 0 saturated heterocycles. The molecular weight excluding hydrogens is 426 g/mol. The number of rotatable bonds is 8. The lowest BCUT2D eigenvalue weighted by atomic mass is 10.1. The molecule has 0 fully saturated rings. The predicted octanol–water partition coefficient (Wildman–Crippen LogP) is 3.13. The van der Waals surface area contributed by atoms with Gasteiger partial charge in [-0.05, 0) is 31.2 Å². The van der Waals surface area contributed by atoms with Crippen molar-refractivity contribution < 1.29 is 22.7 Å². The third kappa shape index (κ3) is 4.95. The minimum atomic E-state index is -3.43. The number of methoxy groups -OCH3 is 2. The molecule has 10 heteroatoms. The van der Waals surface area contributed by atoms with Crippen molar-refractivity contribution in [2.24, 2.45) is 0 Å². The number of hydrogen-bond acceptors (Lipinski definition) is 8. The van der Waals surface area contributed by atoms with Gasteiger partial charge in [-0.25, -0.2) is 8.42 Å². The minimum Gasteiger partial charge on any atom is -0.496 e. The van der Waals surface area contributed by atoms with E-state index in [2.05, 4.69) is 15.5 Å². The second-order valence-electron chi connectivity index (χ2n) is 6.37. The van der Waals surface area contributed by atoms with Crippen molar-refractivity contribution in [3.8, 4) is 11.5 Å². The lowest BCUT2D eigenvalue weighted by molar-refractivity contribution is 0.102. The van der Waals surface area contributed by atoms with Gasteiger partial charge in [0.25, 0.3) is 5.91 Å². The summed E-state index contributed by atoms with van der Waals surface area (Å²) in [5.41, 5.74) is 1.23. The maximum Gasteiger partial charge on any atom is 0.265 e. The largest absolute Gasteiger partial charge is 0.496 e. The van der Waals surface area contributed by atoms with Crippen molar-refractivity contribution in [2.45, 2.75) is 18.2 Å². The number of anilines is 1. The Kier molecular flexibility index (Phi) is 6.68. The number of amides is 1. The maximum absolute atomic E-state index is 12.7. The van der Waals surface area contributed by atoms with Crippen molar-refractivity contribution in [3.05, 3.63) is 58.6 Å². The molecule has 0 aliphatic heterocycles. The molecule has 0 spiro atoms. The summed E-state index contributed by atoms with van der Waals surface area (Å²) in [6, 6.07) is 11.7. The van der Waals surface area contributed by atoms with Crippen LogP contribution in [0.1, 0.15) is 20.9 Å². The van der Waals surface area contributed by atoms with E-state index in [0.29, 0.717) is 16.5 Å². The average Bonchev–Trinajstić information content (AvgIpc) is 3.19. The van der Waals surface area contributed by atoms with Crippen LogP contribution in [0.5, 0.6) is 11.5 Å². The maximum atomic E-state index is 12.7. The van der Waals surface area contributed by atoms with Gasteiger partial charge in [0, 0.05) is 6.42 Å². The quantitative estimate of drug-likeness (QED) is 0.565. The van der Waals surface area contributed by atoms with Gasteiger partial charge in [-0.1, -0.05) is 35.1 Å². The van der Waals surface area contributed by atoms with Crippen LogP contribution in [0.3, 0.4) is 0 Å². The number of benzene rings is 2. The molecule has 1 amide bonds. The molecule has 1 N–H and O–H groups in total. The van der Waals surface area contributed by atoms with E-state index in [4.69, 9.17) is 9.47 Å². The molecule has 3 rings (SSSR count). The van der Waals surface area contributed by atoms with Gasteiger partial charge in [0.15, 0.2) is 9.84 Å². The van der Waals surface area contributed by atoms with Crippen LogP contribution >= 0.6 is 11.3 Å². The molecule has 30 heavy (non-hydrogen) atoms. The Labute approximate surface area is 178 Å². The monoisotopic (exact) mass is 447 g/mol. The number of nitrogens with one attached hydrogen (secondary N) is 1. The average molecular weight is 448 g/mol. The molecule has 1 aromatic heterocycles. The molecule has 0 bridgehead atoms. The summed E-state index contributed by atoms with van der Waals surface area (Å²) < 4.78 is 35.4. The molecule has 0 saturated carbocycles. The SMILES string of the molecule is COc1cccc(OC)c1C(=O)Nc1nnc(CCS(=O)(=O)c2ccc(C)cc2)s1. The fourth-order valence-electron chi connectivity index (χ4n) is 2.72. The third-order valence-corrected chi connectivity index (χ3v) is 6.94. The summed E-state index contributed by atoms with van der Waals surface area (Å²) >= 11 is 1.12. The van der Waals surface area contributed by atoms with E-state index in [9.17, 15) is 13.2 Å². The first kappa shape index (κ1) is 21.7. The van der Waals surface area contributed by atoms with Gasteiger partial charge >= 0.3 is 0 Å². The second-order valence-corrected chi connectivity index (χ2v) is 9.55. The smallest absolute Gasteiger partial charge is 0.265 e. The van der Waals surface area contributed by atoms with Crippen LogP contribution in [-0.2, 0) is 16.3 Å². The molecule has 3 aromatic rings. The highest BCUT2D eigenvalue weighted by Crippen LogP contribution is 2.29. The molecule has 0 aliphatic rings. The molecule has 0 atom stereocenters. The van der Waals surface area contributed by atoms with E-state index in [1.807, 2.05) is 6.92 Å². The Bertz CT molecular complexity index is 1120. The molecular formula is C20H21N3O5S2. The lowest BCUT2D eigenvalue weighted by Gasteiger charge is -2.11. The zero-order valence-corrected chi connectivity index (χ0v) is 18.3. The molecule has 2 aromatic carbocycles. The number of carbonyl (C=O) groups excluding carboxylic acids is 1. The lowest BCUT2D eigenvalue weighted by Crippen LogP contribution is -2.14. The number of hydrogen-bond donors (Lipinski definition) is 1. The van der Waals surface area contributed by atoms with Gasteiger partial charge in [0.05, 0.1) is 24.9 Å². The van der Waals surface area contributed by atoms with Gasteiger partial charge in [-0.15, -0.1) is 10.2 Å². The molecule has 1 heterocycles. The van der Waals surface area contributed by atoms with Crippen LogP contribution in [0.2, 0.25) is 0 Å². The van der Waals surface area contributed by atoms with Crippen molar-refractivity contribution in [3.63, 3.8) is 0 Å². The fraction of sp³-hybridized carbons (Fsp3) is 0.250. The van der Waals surface area contributed by atoms with Crippen molar-refractivity contribution >= 4 is 32.2 Å². The number of nitrogens with zero attached hydrogens (tertiary/aromatic N) is 2. The number of ether oxygens (including phenoxy) is 2.